The van der Waals surface area contributed by atoms with Crippen molar-refractivity contribution < 1.29 is 34.2 Å². The Bertz CT molecular complexity index is 752. The van der Waals surface area contributed by atoms with Gasteiger partial charge in [0.2, 0.25) is 0 Å². The van der Waals surface area contributed by atoms with Crippen LogP contribution in [0.2, 0.25) is 0 Å². The Morgan fingerprint density at radius 1 is 0.500 bits per heavy atom. The molecule has 0 fully saturated rings. The van der Waals surface area contributed by atoms with Gasteiger partial charge >= 0.3 is 19.5 Å². The van der Waals surface area contributed by atoms with Crippen molar-refractivity contribution in [3.05, 3.63) is 36.5 Å². The molecule has 9 nitrogen and oxygen atoms in total. The highest BCUT2D eigenvalue weighted by molar-refractivity contribution is 7.51. The van der Waals surface area contributed by atoms with Gasteiger partial charge in [0.1, 0.15) is 0 Å². The number of carboxylic acids is 2. The summed E-state index contributed by atoms with van der Waals surface area (Å²) in [7, 11) is -3.81. The highest BCUT2D eigenvalue weighted by Gasteiger charge is 2.10. The lowest BCUT2D eigenvalue weighted by molar-refractivity contribution is -0.138. The van der Waals surface area contributed by atoms with Gasteiger partial charge in [-0.25, -0.2) is 0 Å². The molecule has 0 unspecified atom stereocenters. The number of hydrogen-bond acceptors (Lipinski definition) is 5. The SMILES string of the molecule is CCCCCC/C=C\CCCCCCCC(=O)O.N.N.O=C(O)CCCCCCC/C=C\C/C=C\CCCCCP(=O)(O)O. The maximum absolute atomic E-state index is 10.7. The minimum Gasteiger partial charge on any atom is -0.481 e. The second kappa shape index (κ2) is 39.3. The highest BCUT2D eigenvalue weighted by atomic mass is 31.2. The summed E-state index contributed by atoms with van der Waals surface area (Å²) < 4.78 is 10.7. The molecule has 0 saturated carbocycles. The predicted octanol–water partition coefficient (Wildman–Crippen LogP) is 10.7. The average molecular weight is 649 g/mol. The molecule has 0 aromatic rings. The molecule has 0 radical (unpaired) electrons. The highest BCUT2D eigenvalue weighted by Crippen LogP contribution is 2.35. The number of carboxylic acid groups (broad SMARTS) is 2. The van der Waals surface area contributed by atoms with E-state index < -0.39 is 19.5 Å². The first-order valence-electron chi connectivity index (χ1n) is 16.6. The van der Waals surface area contributed by atoms with Crippen LogP contribution in [0.3, 0.4) is 0 Å². The molecule has 0 aliphatic rings. The van der Waals surface area contributed by atoms with Gasteiger partial charge in [0.05, 0.1) is 0 Å². The van der Waals surface area contributed by atoms with Crippen LogP contribution in [0.1, 0.15) is 161 Å². The zero-order valence-corrected chi connectivity index (χ0v) is 28.9. The van der Waals surface area contributed by atoms with E-state index in [9.17, 15) is 14.2 Å². The minimum atomic E-state index is -3.81. The molecule has 0 aliphatic heterocycles. The Labute approximate surface area is 269 Å². The van der Waals surface area contributed by atoms with Gasteiger partial charge in [0, 0.05) is 19.0 Å². The van der Waals surface area contributed by atoms with Crippen molar-refractivity contribution in [1.82, 2.24) is 12.3 Å². The van der Waals surface area contributed by atoms with Crippen molar-refractivity contribution in [3.63, 3.8) is 0 Å². The number of unbranched alkanes of at least 4 members (excludes halogenated alkanes) is 17. The smallest absolute Gasteiger partial charge is 0.325 e. The average Bonchev–Trinajstić information content (AvgIpc) is 2.92. The molecular weight excluding hydrogens is 579 g/mol. The number of allylic oxidation sites excluding steroid dienone is 6. The fraction of sp³-hybridized carbons (Fsp3) is 0.765. The molecular formula is C34H69N2O7P. The lowest BCUT2D eigenvalue weighted by atomic mass is 10.1. The molecule has 44 heavy (non-hydrogen) atoms. The first-order valence-corrected chi connectivity index (χ1v) is 18.4. The molecule has 10 heteroatoms. The molecule has 10 N–H and O–H groups in total. The largest absolute Gasteiger partial charge is 0.481 e. The van der Waals surface area contributed by atoms with Crippen LogP contribution in [-0.4, -0.2) is 38.1 Å². The van der Waals surface area contributed by atoms with Crippen LogP contribution in [0, 0.1) is 0 Å². The minimum absolute atomic E-state index is 0. The third-order valence-electron chi connectivity index (χ3n) is 6.84. The van der Waals surface area contributed by atoms with Crippen molar-refractivity contribution in [3.8, 4) is 0 Å². The number of hydrogen-bond donors (Lipinski definition) is 6. The van der Waals surface area contributed by atoms with E-state index in [0.717, 1.165) is 77.0 Å². The van der Waals surface area contributed by atoms with Gasteiger partial charge in [-0.2, -0.15) is 0 Å². The fourth-order valence-corrected chi connectivity index (χ4v) is 4.96. The molecule has 0 aromatic carbocycles. The van der Waals surface area contributed by atoms with Crippen LogP contribution in [0.15, 0.2) is 36.5 Å². The van der Waals surface area contributed by atoms with E-state index in [1.807, 2.05) is 0 Å². The van der Waals surface area contributed by atoms with Crippen molar-refractivity contribution in [2.75, 3.05) is 6.16 Å². The normalized spacial score (nSPS) is 11.3. The van der Waals surface area contributed by atoms with Crippen molar-refractivity contribution in [1.29, 1.82) is 0 Å². The predicted molar refractivity (Wildman–Crippen MR) is 186 cm³/mol. The second-order valence-electron chi connectivity index (χ2n) is 11.1. The van der Waals surface area contributed by atoms with E-state index in [2.05, 4.69) is 43.4 Å². The van der Waals surface area contributed by atoms with Crippen molar-refractivity contribution >= 4 is 19.5 Å². The first kappa shape index (κ1) is 49.1. The Kier molecular flexibility index (Phi) is 43.8. The number of carbonyl (C=O) groups is 2. The van der Waals surface area contributed by atoms with Crippen LogP contribution in [0.5, 0.6) is 0 Å². The quantitative estimate of drug-likeness (QED) is 0.0259. The summed E-state index contributed by atoms with van der Waals surface area (Å²) in [6.45, 7) is 2.24. The Morgan fingerprint density at radius 3 is 1.18 bits per heavy atom. The third kappa shape index (κ3) is 52.8. The molecule has 0 atom stereocenters. The monoisotopic (exact) mass is 648 g/mol. The standard InChI is InChI=1S/C18H33O5P.C16H30O2.2H3N/c19-18(20)16-14-12-10-8-6-4-2-1-3-5-7-9-11-13-15-17-24(21,22)23;1-2-3-4-5-6-7-8-9-10-11-12-13-14-15-16(17)18;;/h1-2,5,7H,3-4,6,8-17H2,(H,19,20)(H2,21,22,23);7-8H,2-6,9-15H2,1H3,(H,17,18);2*1H3/b2-1-,7-5-;8-7-;;. The zero-order valence-electron chi connectivity index (χ0n) is 28.0. The lowest BCUT2D eigenvalue weighted by Crippen LogP contribution is -1.93. The molecule has 0 saturated heterocycles. The third-order valence-corrected chi connectivity index (χ3v) is 7.74. The van der Waals surface area contributed by atoms with Crippen molar-refractivity contribution in [2.24, 2.45) is 0 Å². The Morgan fingerprint density at radius 2 is 0.818 bits per heavy atom. The number of rotatable bonds is 29. The molecule has 0 spiro atoms. The topological polar surface area (TPSA) is 202 Å². The summed E-state index contributed by atoms with van der Waals surface area (Å²) in [6, 6.07) is 0. The van der Waals surface area contributed by atoms with Gasteiger partial charge in [-0.15, -0.1) is 0 Å². The van der Waals surface area contributed by atoms with Gasteiger partial charge in [-0.05, 0) is 77.0 Å². The van der Waals surface area contributed by atoms with Crippen LogP contribution < -0.4 is 12.3 Å². The van der Waals surface area contributed by atoms with Crippen LogP contribution in [-0.2, 0) is 14.2 Å². The molecule has 0 rings (SSSR count). The summed E-state index contributed by atoms with van der Waals surface area (Å²) in [5, 5.41) is 17.0. The van der Waals surface area contributed by atoms with Crippen LogP contribution >= 0.6 is 7.60 Å². The lowest BCUT2D eigenvalue weighted by Gasteiger charge is -2.01. The summed E-state index contributed by atoms with van der Waals surface area (Å²) in [4.78, 5) is 38.1. The maximum atomic E-state index is 10.7. The Balaban J connectivity index is -0.000000361. The molecule has 0 aliphatic carbocycles. The van der Waals surface area contributed by atoms with E-state index in [0.29, 0.717) is 12.8 Å². The van der Waals surface area contributed by atoms with Gasteiger partial charge in [0.15, 0.2) is 0 Å². The second-order valence-corrected chi connectivity index (χ2v) is 12.9. The fourth-order valence-electron chi connectivity index (χ4n) is 4.33. The molecule has 262 valence electrons. The number of aliphatic carboxylic acids is 2. The van der Waals surface area contributed by atoms with Gasteiger partial charge < -0.3 is 32.3 Å². The van der Waals surface area contributed by atoms with E-state index in [1.165, 1.54) is 57.8 Å². The van der Waals surface area contributed by atoms with Crippen LogP contribution in [0.4, 0.5) is 0 Å². The van der Waals surface area contributed by atoms with E-state index in [-0.39, 0.29) is 24.9 Å². The van der Waals surface area contributed by atoms with E-state index >= 15 is 0 Å². The molecule has 0 heterocycles. The summed E-state index contributed by atoms with van der Waals surface area (Å²) in [6.07, 6.45) is 37.8. The summed E-state index contributed by atoms with van der Waals surface area (Å²) in [5.74, 6) is -1.37. The van der Waals surface area contributed by atoms with Gasteiger partial charge in [0.25, 0.3) is 0 Å². The van der Waals surface area contributed by atoms with Gasteiger partial charge in [-0.3, -0.25) is 14.2 Å². The molecule has 0 bridgehead atoms. The zero-order chi connectivity index (χ0) is 31.6. The molecule has 0 amide bonds. The summed E-state index contributed by atoms with van der Waals surface area (Å²) >= 11 is 0. The van der Waals surface area contributed by atoms with E-state index in [4.69, 9.17) is 20.0 Å². The van der Waals surface area contributed by atoms with Crippen molar-refractivity contribution in [2.45, 2.75) is 161 Å². The molecule has 0 aromatic heterocycles. The van der Waals surface area contributed by atoms with E-state index in [1.54, 1.807) is 0 Å². The maximum Gasteiger partial charge on any atom is 0.325 e. The van der Waals surface area contributed by atoms with Gasteiger partial charge in [-0.1, -0.05) is 108 Å². The van der Waals surface area contributed by atoms with Crippen LogP contribution in [0.25, 0.3) is 0 Å². The Hall–Kier alpha value is -1.77. The summed E-state index contributed by atoms with van der Waals surface area (Å²) in [5.41, 5.74) is 0. The first-order chi connectivity index (χ1) is 20.2.